The molecule has 2 rings (SSSR count). The van der Waals surface area contributed by atoms with Crippen molar-refractivity contribution in [2.45, 2.75) is 26.7 Å². The number of aromatic nitrogens is 2. The Morgan fingerprint density at radius 3 is 2.39 bits per heavy atom. The van der Waals surface area contributed by atoms with Crippen LogP contribution in [-0.4, -0.2) is 9.97 Å². The number of benzene rings is 1. The molecule has 0 saturated heterocycles. The highest BCUT2D eigenvalue weighted by molar-refractivity contribution is 6.30. The summed E-state index contributed by atoms with van der Waals surface area (Å²) in [6, 6.07) is 9.52. The molecule has 3 nitrogen and oxygen atoms in total. The van der Waals surface area contributed by atoms with Gasteiger partial charge in [-0.25, -0.2) is 4.98 Å². The maximum Gasteiger partial charge on any atom is 0.226 e. The molecule has 0 saturated carbocycles. The average molecular weight is 263 g/mol. The minimum Gasteiger partial charge on any atom is -0.439 e. The van der Waals surface area contributed by atoms with Gasteiger partial charge in [0.2, 0.25) is 5.88 Å². The molecule has 2 aromatic rings. The molecule has 0 bridgehead atoms. The summed E-state index contributed by atoms with van der Waals surface area (Å²) >= 11 is 6.10. The smallest absolute Gasteiger partial charge is 0.226 e. The molecule has 0 aliphatic heterocycles. The van der Waals surface area contributed by atoms with Crippen LogP contribution in [0.1, 0.15) is 31.2 Å². The highest BCUT2D eigenvalue weighted by atomic mass is 35.5. The van der Waals surface area contributed by atoms with E-state index < -0.39 is 0 Å². The number of hydrogen-bond donors (Lipinski definition) is 0. The Balaban J connectivity index is 2.38. The standard InChI is InChI=1S/C14H15ClN2O/c1-9(2)13-16-12(15)10(3)14(17-13)18-11-7-5-4-6-8-11/h4-9H,1-3H3. The third kappa shape index (κ3) is 2.79. The normalized spacial score (nSPS) is 10.7. The van der Waals surface area contributed by atoms with Crippen LogP contribution in [0.25, 0.3) is 0 Å². The molecule has 0 fully saturated rings. The summed E-state index contributed by atoms with van der Waals surface area (Å²) in [6.07, 6.45) is 0. The summed E-state index contributed by atoms with van der Waals surface area (Å²) < 4.78 is 5.75. The third-order valence-corrected chi connectivity index (χ3v) is 2.90. The monoisotopic (exact) mass is 262 g/mol. The zero-order valence-electron chi connectivity index (χ0n) is 10.6. The van der Waals surface area contributed by atoms with Gasteiger partial charge < -0.3 is 4.74 Å². The molecule has 0 aliphatic carbocycles. The molecule has 0 atom stereocenters. The summed E-state index contributed by atoms with van der Waals surface area (Å²) in [5, 5.41) is 0.444. The number of rotatable bonds is 3. The molecule has 1 aromatic heterocycles. The van der Waals surface area contributed by atoms with Crippen LogP contribution in [0.15, 0.2) is 30.3 Å². The first-order chi connectivity index (χ1) is 8.58. The van der Waals surface area contributed by atoms with Crippen molar-refractivity contribution in [1.82, 2.24) is 9.97 Å². The van der Waals surface area contributed by atoms with Gasteiger partial charge in [0.15, 0.2) is 0 Å². The van der Waals surface area contributed by atoms with E-state index in [1.165, 1.54) is 0 Å². The van der Waals surface area contributed by atoms with E-state index in [1.54, 1.807) is 0 Å². The second-order valence-corrected chi connectivity index (χ2v) is 4.73. The van der Waals surface area contributed by atoms with Crippen LogP contribution in [0.3, 0.4) is 0 Å². The molecule has 0 N–H and O–H groups in total. The SMILES string of the molecule is Cc1c(Cl)nc(C(C)C)nc1Oc1ccccc1. The summed E-state index contributed by atoms with van der Waals surface area (Å²) in [5.41, 5.74) is 0.755. The van der Waals surface area contributed by atoms with Crippen molar-refractivity contribution in [1.29, 1.82) is 0 Å². The number of hydrogen-bond acceptors (Lipinski definition) is 3. The van der Waals surface area contributed by atoms with Crippen LogP contribution in [0, 0.1) is 6.92 Å². The molecule has 0 radical (unpaired) electrons. The van der Waals surface area contributed by atoms with Gasteiger partial charge >= 0.3 is 0 Å². The molecule has 1 heterocycles. The Bertz CT molecular complexity index is 541. The highest BCUT2D eigenvalue weighted by Gasteiger charge is 2.13. The van der Waals surface area contributed by atoms with Gasteiger partial charge in [-0.1, -0.05) is 43.6 Å². The van der Waals surface area contributed by atoms with E-state index >= 15 is 0 Å². The second kappa shape index (κ2) is 5.36. The number of halogens is 1. The summed E-state index contributed by atoms with van der Waals surface area (Å²) in [5.74, 6) is 2.16. The topological polar surface area (TPSA) is 35.0 Å². The van der Waals surface area contributed by atoms with Crippen LogP contribution in [0.5, 0.6) is 11.6 Å². The Morgan fingerprint density at radius 1 is 1.11 bits per heavy atom. The predicted octanol–water partition coefficient (Wildman–Crippen LogP) is 4.35. The molecule has 0 unspecified atom stereocenters. The van der Waals surface area contributed by atoms with Gasteiger partial charge in [-0.2, -0.15) is 4.98 Å². The summed E-state index contributed by atoms with van der Waals surface area (Å²) in [7, 11) is 0. The summed E-state index contributed by atoms with van der Waals surface area (Å²) in [6.45, 7) is 5.89. The van der Waals surface area contributed by atoms with E-state index in [0.29, 0.717) is 16.9 Å². The van der Waals surface area contributed by atoms with Crippen molar-refractivity contribution in [3.8, 4) is 11.6 Å². The quantitative estimate of drug-likeness (QED) is 0.771. The molecular formula is C14H15ClN2O. The fourth-order valence-electron chi connectivity index (χ4n) is 1.44. The molecule has 18 heavy (non-hydrogen) atoms. The van der Waals surface area contributed by atoms with Crippen LogP contribution in [0.2, 0.25) is 5.15 Å². The molecule has 4 heteroatoms. The van der Waals surface area contributed by atoms with Crippen LogP contribution >= 0.6 is 11.6 Å². The van der Waals surface area contributed by atoms with E-state index in [9.17, 15) is 0 Å². The maximum atomic E-state index is 6.10. The zero-order chi connectivity index (χ0) is 13.1. The lowest BCUT2D eigenvalue weighted by Crippen LogP contribution is -2.02. The van der Waals surface area contributed by atoms with Crippen molar-refractivity contribution in [3.63, 3.8) is 0 Å². The first-order valence-corrected chi connectivity index (χ1v) is 6.22. The van der Waals surface area contributed by atoms with E-state index in [2.05, 4.69) is 9.97 Å². The average Bonchev–Trinajstić information content (AvgIpc) is 2.35. The predicted molar refractivity (Wildman–Crippen MR) is 72.4 cm³/mol. The van der Waals surface area contributed by atoms with E-state index in [-0.39, 0.29) is 5.92 Å². The molecule has 0 aliphatic rings. The minimum absolute atomic E-state index is 0.209. The van der Waals surface area contributed by atoms with E-state index in [1.807, 2.05) is 51.1 Å². The van der Waals surface area contributed by atoms with Gasteiger partial charge in [0.1, 0.15) is 16.7 Å². The van der Waals surface area contributed by atoms with Gasteiger partial charge in [-0.3, -0.25) is 0 Å². The Labute approximate surface area is 112 Å². The van der Waals surface area contributed by atoms with E-state index in [0.717, 1.165) is 11.3 Å². The lowest BCUT2D eigenvalue weighted by molar-refractivity contribution is 0.452. The second-order valence-electron chi connectivity index (χ2n) is 4.37. The first-order valence-electron chi connectivity index (χ1n) is 5.85. The Hall–Kier alpha value is -1.61. The van der Waals surface area contributed by atoms with Gasteiger partial charge in [0, 0.05) is 11.5 Å². The molecule has 94 valence electrons. The molecular weight excluding hydrogens is 248 g/mol. The van der Waals surface area contributed by atoms with E-state index in [4.69, 9.17) is 16.3 Å². The van der Waals surface area contributed by atoms with Crippen molar-refractivity contribution < 1.29 is 4.74 Å². The van der Waals surface area contributed by atoms with Crippen LogP contribution in [-0.2, 0) is 0 Å². The lowest BCUT2D eigenvalue weighted by Gasteiger charge is -2.11. The van der Waals surface area contributed by atoms with Gasteiger partial charge in [0.05, 0.1) is 0 Å². The van der Waals surface area contributed by atoms with Gasteiger partial charge in [-0.05, 0) is 19.1 Å². The van der Waals surface area contributed by atoms with Crippen molar-refractivity contribution in [3.05, 3.63) is 46.9 Å². The van der Waals surface area contributed by atoms with Crippen molar-refractivity contribution >= 4 is 11.6 Å². The number of nitrogens with zero attached hydrogens (tertiary/aromatic N) is 2. The first kappa shape index (κ1) is 12.8. The van der Waals surface area contributed by atoms with Crippen molar-refractivity contribution in [2.75, 3.05) is 0 Å². The molecule has 0 spiro atoms. The van der Waals surface area contributed by atoms with Crippen LogP contribution in [0.4, 0.5) is 0 Å². The van der Waals surface area contributed by atoms with Gasteiger partial charge in [0.25, 0.3) is 0 Å². The van der Waals surface area contributed by atoms with Crippen LogP contribution < -0.4 is 4.74 Å². The Morgan fingerprint density at radius 2 is 1.78 bits per heavy atom. The highest BCUT2D eigenvalue weighted by Crippen LogP contribution is 2.28. The fourth-order valence-corrected chi connectivity index (χ4v) is 1.61. The zero-order valence-corrected chi connectivity index (χ0v) is 11.4. The lowest BCUT2D eigenvalue weighted by atomic mass is 10.2. The Kier molecular flexibility index (Phi) is 3.82. The number of ether oxygens (including phenoxy) is 1. The molecule has 1 aromatic carbocycles. The minimum atomic E-state index is 0.209. The molecule has 0 amide bonds. The number of para-hydroxylation sites is 1. The maximum absolute atomic E-state index is 6.10. The fraction of sp³-hybridized carbons (Fsp3) is 0.286. The largest absolute Gasteiger partial charge is 0.439 e. The summed E-state index contributed by atoms with van der Waals surface area (Å²) in [4.78, 5) is 8.66. The van der Waals surface area contributed by atoms with Gasteiger partial charge in [-0.15, -0.1) is 0 Å². The van der Waals surface area contributed by atoms with Crippen molar-refractivity contribution in [2.24, 2.45) is 0 Å². The third-order valence-electron chi connectivity index (χ3n) is 2.53.